The molecule has 0 unspecified atom stereocenters. The SMILES string of the molecule is c1cncc(CNc2cccc3ccc(-c4ccc5c(c4)OCO5)nc23)c1. The smallest absolute Gasteiger partial charge is 0.231 e. The van der Waals surface area contributed by atoms with Gasteiger partial charge in [-0.25, -0.2) is 4.98 Å². The molecule has 0 bridgehead atoms. The summed E-state index contributed by atoms with van der Waals surface area (Å²) in [6, 6.07) is 20.2. The van der Waals surface area contributed by atoms with E-state index in [4.69, 9.17) is 14.5 Å². The minimum absolute atomic E-state index is 0.270. The van der Waals surface area contributed by atoms with E-state index >= 15 is 0 Å². The summed E-state index contributed by atoms with van der Waals surface area (Å²) in [6.07, 6.45) is 3.64. The van der Waals surface area contributed by atoms with Crippen molar-refractivity contribution in [3.8, 4) is 22.8 Å². The van der Waals surface area contributed by atoms with E-state index < -0.39 is 0 Å². The van der Waals surface area contributed by atoms with Crippen LogP contribution in [0.2, 0.25) is 0 Å². The van der Waals surface area contributed by atoms with Crippen LogP contribution in [-0.2, 0) is 6.54 Å². The van der Waals surface area contributed by atoms with Crippen molar-refractivity contribution < 1.29 is 9.47 Å². The van der Waals surface area contributed by atoms with Crippen molar-refractivity contribution in [1.82, 2.24) is 9.97 Å². The van der Waals surface area contributed by atoms with E-state index in [0.29, 0.717) is 6.54 Å². The van der Waals surface area contributed by atoms with Crippen molar-refractivity contribution in [2.45, 2.75) is 6.54 Å². The fourth-order valence-electron chi connectivity index (χ4n) is 3.21. The summed E-state index contributed by atoms with van der Waals surface area (Å²) in [4.78, 5) is 9.07. The van der Waals surface area contributed by atoms with Gasteiger partial charge in [0.05, 0.1) is 16.9 Å². The van der Waals surface area contributed by atoms with E-state index in [1.165, 1.54) is 0 Å². The standard InChI is InChI=1S/C22H17N3O2/c1-4-16-6-8-18(17-7-9-20-21(11-17)27-14-26-20)25-22(16)19(5-1)24-13-15-3-2-10-23-12-15/h1-12,24H,13-14H2. The zero-order valence-corrected chi connectivity index (χ0v) is 14.6. The molecular formula is C22H17N3O2. The molecule has 0 radical (unpaired) electrons. The summed E-state index contributed by atoms with van der Waals surface area (Å²) in [5.74, 6) is 1.54. The largest absolute Gasteiger partial charge is 0.454 e. The molecule has 0 saturated heterocycles. The number of aromatic nitrogens is 2. The highest BCUT2D eigenvalue weighted by Crippen LogP contribution is 2.36. The number of anilines is 1. The Morgan fingerprint density at radius 2 is 1.89 bits per heavy atom. The molecule has 0 amide bonds. The van der Waals surface area contributed by atoms with Gasteiger partial charge in [0.1, 0.15) is 0 Å². The fraction of sp³-hybridized carbons (Fsp3) is 0.0909. The highest BCUT2D eigenvalue weighted by molar-refractivity contribution is 5.92. The molecule has 5 heteroatoms. The van der Waals surface area contributed by atoms with Gasteiger partial charge < -0.3 is 14.8 Å². The topological polar surface area (TPSA) is 56.3 Å². The molecule has 5 rings (SSSR count). The minimum atomic E-state index is 0.270. The monoisotopic (exact) mass is 355 g/mol. The molecule has 1 N–H and O–H groups in total. The molecule has 2 aromatic carbocycles. The Morgan fingerprint density at radius 3 is 2.81 bits per heavy atom. The number of ether oxygens (including phenoxy) is 2. The fourth-order valence-corrected chi connectivity index (χ4v) is 3.21. The maximum atomic E-state index is 5.49. The van der Waals surface area contributed by atoms with Crippen molar-refractivity contribution in [2.75, 3.05) is 12.1 Å². The number of pyridine rings is 2. The van der Waals surface area contributed by atoms with Gasteiger partial charge in [0, 0.05) is 29.9 Å². The van der Waals surface area contributed by atoms with Crippen LogP contribution in [0.25, 0.3) is 22.2 Å². The minimum Gasteiger partial charge on any atom is -0.454 e. The van der Waals surface area contributed by atoms with Crippen molar-refractivity contribution >= 4 is 16.6 Å². The Hall–Kier alpha value is -3.60. The normalized spacial score (nSPS) is 12.3. The molecule has 0 spiro atoms. The van der Waals surface area contributed by atoms with Crippen LogP contribution in [0.5, 0.6) is 11.5 Å². The second kappa shape index (κ2) is 6.61. The number of hydrogen-bond donors (Lipinski definition) is 1. The van der Waals surface area contributed by atoms with E-state index in [0.717, 1.165) is 44.9 Å². The van der Waals surface area contributed by atoms with Crippen LogP contribution in [0, 0.1) is 0 Å². The summed E-state index contributed by atoms with van der Waals surface area (Å²) in [6.45, 7) is 0.967. The summed E-state index contributed by atoms with van der Waals surface area (Å²) in [5, 5.41) is 4.57. The second-order valence-corrected chi connectivity index (χ2v) is 6.36. The van der Waals surface area contributed by atoms with Crippen LogP contribution in [0.3, 0.4) is 0 Å². The Kier molecular flexibility index (Phi) is 3.83. The average molecular weight is 355 g/mol. The maximum absolute atomic E-state index is 5.49. The van der Waals surface area contributed by atoms with Gasteiger partial charge in [-0.15, -0.1) is 0 Å². The van der Waals surface area contributed by atoms with Crippen LogP contribution in [0.4, 0.5) is 5.69 Å². The lowest BCUT2D eigenvalue weighted by molar-refractivity contribution is 0.174. The molecule has 1 aliphatic heterocycles. The van der Waals surface area contributed by atoms with Crippen molar-refractivity contribution in [3.05, 3.63) is 78.6 Å². The lowest BCUT2D eigenvalue weighted by Gasteiger charge is -2.11. The first kappa shape index (κ1) is 15.6. The summed E-state index contributed by atoms with van der Waals surface area (Å²) < 4.78 is 10.9. The first-order valence-corrected chi connectivity index (χ1v) is 8.79. The highest BCUT2D eigenvalue weighted by atomic mass is 16.7. The molecule has 0 saturated carbocycles. The Morgan fingerprint density at radius 1 is 0.926 bits per heavy atom. The molecule has 3 heterocycles. The molecule has 1 aliphatic rings. The summed E-state index contributed by atoms with van der Waals surface area (Å²) in [5.41, 5.74) is 4.97. The van der Waals surface area contributed by atoms with E-state index in [9.17, 15) is 0 Å². The molecular weight excluding hydrogens is 338 g/mol. The Balaban J connectivity index is 1.50. The first-order valence-electron chi connectivity index (χ1n) is 8.79. The number of nitrogens with one attached hydrogen (secondary N) is 1. The van der Waals surface area contributed by atoms with Crippen LogP contribution >= 0.6 is 0 Å². The predicted octanol–water partition coefficient (Wildman–Crippen LogP) is 4.64. The molecule has 27 heavy (non-hydrogen) atoms. The van der Waals surface area contributed by atoms with E-state index in [1.807, 2.05) is 42.6 Å². The quantitative estimate of drug-likeness (QED) is 0.578. The zero-order valence-electron chi connectivity index (χ0n) is 14.6. The maximum Gasteiger partial charge on any atom is 0.231 e. The summed E-state index contributed by atoms with van der Waals surface area (Å²) >= 11 is 0. The van der Waals surface area contributed by atoms with Gasteiger partial charge in [0.2, 0.25) is 6.79 Å². The molecule has 5 nitrogen and oxygen atoms in total. The third-order valence-corrected chi connectivity index (χ3v) is 4.59. The number of nitrogens with zero attached hydrogens (tertiary/aromatic N) is 2. The van der Waals surface area contributed by atoms with Crippen LogP contribution in [0.1, 0.15) is 5.56 Å². The van der Waals surface area contributed by atoms with E-state index in [2.05, 4.69) is 34.6 Å². The van der Waals surface area contributed by atoms with Gasteiger partial charge in [-0.1, -0.05) is 24.3 Å². The van der Waals surface area contributed by atoms with E-state index in [1.54, 1.807) is 6.20 Å². The molecule has 4 aromatic rings. The van der Waals surface area contributed by atoms with Crippen molar-refractivity contribution in [2.24, 2.45) is 0 Å². The lowest BCUT2D eigenvalue weighted by atomic mass is 10.1. The Labute approximate surface area is 156 Å². The predicted molar refractivity (Wildman–Crippen MR) is 105 cm³/mol. The van der Waals surface area contributed by atoms with Gasteiger partial charge in [-0.2, -0.15) is 0 Å². The average Bonchev–Trinajstić information content (AvgIpc) is 3.20. The van der Waals surface area contributed by atoms with Crippen molar-refractivity contribution in [3.63, 3.8) is 0 Å². The van der Waals surface area contributed by atoms with Gasteiger partial charge in [-0.3, -0.25) is 4.98 Å². The Bertz CT molecular complexity index is 1110. The first-order chi connectivity index (χ1) is 13.4. The van der Waals surface area contributed by atoms with Crippen LogP contribution in [0.15, 0.2) is 73.1 Å². The number of hydrogen-bond acceptors (Lipinski definition) is 5. The summed E-state index contributed by atoms with van der Waals surface area (Å²) in [7, 11) is 0. The van der Waals surface area contributed by atoms with Crippen LogP contribution < -0.4 is 14.8 Å². The lowest BCUT2D eigenvalue weighted by Crippen LogP contribution is -2.01. The number of para-hydroxylation sites is 1. The van der Waals surface area contributed by atoms with E-state index in [-0.39, 0.29) is 6.79 Å². The molecule has 2 aromatic heterocycles. The molecule has 132 valence electrons. The van der Waals surface area contributed by atoms with Crippen molar-refractivity contribution in [1.29, 1.82) is 0 Å². The zero-order chi connectivity index (χ0) is 18.1. The van der Waals surface area contributed by atoms with Gasteiger partial charge in [-0.05, 0) is 42.0 Å². The van der Waals surface area contributed by atoms with Gasteiger partial charge in [0.15, 0.2) is 11.5 Å². The number of rotatable bonds is 4. The highest BCUT2D eigenvalue weighted by Gasteiger charge is 2.14. The number of benzene rings is 2. The van der Waals surface area contributed by atoms with Gasteiger partial charge >= 0.3 is 0 Å². The third kappa shape index (κ3) is 3.04. The third-order valence-electron chi connectivity index (χ3n) is 4.59. The number of fused-ring (bicyclic) bond motifs is 2. The molecule has 0 atom stereocenters. The molecule has 0 aliphatic carbocycles. The van der Waals surface area contributed by atoms with Crippen LogP contribution in [-0.4, -0.2) is 16.8 Å². The molecule has 0 fully saturated rings. The van der Waals surface area contributed by atoms with Gasteiger partial charge in [0.25, 0.3) is 0 Å². The second-order valence-electron chi connectivity index (χ2n) is 6.36.